The van der Waals surface area contributed by atoms with Crippen LogP contribution < -0.4 is 14.4 Å². The number of methoxy groups -OCH3 is 1. The summed E-state index contributed by atoms with van der Waals surface area (Å²) in [5.74, 6) is 1.11. The zero-order chi connectivity index (χ0) is 24.4. The molecule has 0 spiro atoms. The first-order valence-corrected chi connectivity index (χ1v) is 12.5. The SMILES string of the molecule is CCOc1cc(CN2CCN(c3cccc4c3C(=O)N(C[C@H]3CCCO3)C4=O)CC2)ccc1OC. The molecule has 2 fully saturated rings. The number of piperazine rings is 1. The van der Waals surface area contributed by atoms with Gasteiger partial charge >= 0.3 is 0 Å². The summed E-state index contributed by atoms with van der Waals surface area (Å²) in [6.45, 7) is 7.71. The molecule has 8 nitrogen and oxygen atoms in total. The van der Waals surface area contributed by atoms with Crippen LogP contribution in [0.2, 0.25) is 0 Å². The first-order valence-electron chi connectivity index (χ1n) is 12.5. The van der Waals surface area contributed by atoms with E-state index in [9.17, 15) is 9.59 Å². The highest BCUT2D eigenvalue weighted by atomic mass is 16.5. The van der Waals surface area contributed by atoms with Crippen LogP contribution in [0, 0.1) is 0 Å². The van der Waals surface area contributed by atoms with E-state index in [0.29, 0.717) is 30.9 Å². The lowest BCUT2D eigenvalue weighted by Gasteiger charge is -2.36. The third-order valence-electron chi connectivity index (χ3n) is 7.03. The molecular weight excluding hydrogens is 446 g/mol. The maximum Gasteiger partial charge on any atom is 0.263 e. The van der Waals surface area contributed by atoms with E-state index in [1.54, 1.807) is 13.2 Å². The Morgan fingerprint density at radius 3 is 2.57 bits per heavy atom. The van der Waals surface area contributed by atoms with Crippen LogP contribution in [-0.2, 0) is 11.3 Å². The number of amides is 2. The van der Waals surface area contributed by atoms with E-state index in [1.165, 1.54) is 10.5 Å². The van der Waals surface area contributed by atoms with Crippen LogP contribution in [0.25, 0.3) is 0 Å². The van der Waals surface area contributed by atoms with Crippen LogP contribution in [-0.4, -0.2) is 80.8 Å². The third-order valence-corrected chi connectivity index (χ3v) is 7.03. The molecule has 0 bridgehead atoms. The van der Waals surface area contributed by atoms with Crippen molar-refractivity contribution in [3.05, 3.63) is 53.1 Å². The van der Waals surface area contributed by atoms with Crippen LogP contribution in [0.1, 0.15) is 46.0 Å². The van der Waals surface area contributed by atoms with Crippen molar-refractivity contribution in [1.82, 2.24) is 9.80 Å². The summed E-state index contributed by atoms with van der Waals surface area (Å²) in [5.41, 5.74) is 3.09. The minimum atomic E-state index is -0.203. The molecule has 3 aliphatic rings. The Morgan fingerprint density at radius 1 is 1.03 bits per heavy atom. The first-order chi connectivity index (χ1) is 17.1. The highest BCUT2D eigenvalue weighted by Gasteiger charge is 2.40. The zero-order valence-electron chi connectivity index (χ0n) is 20.5. The van der Waals surface area contributed by atoms with Crippen molar-refractivity contribution in [2.45, 2.75) is 32.4 Å². The van der Waals surface area contributed by atoms with Gasteiger partial charge in [-0.25, -0.2) is 0 Å². The van der Waals surface area contributed by atoms with E-state index < -0.39 is 0 Å². The molecule has 3 aliphatic heterocycles. The molecule has 0 aliphatic carbocycles. The number of nitrogens with zero attached hydrogens (tertiary/aromatic N) is 3. The van der Waals surface area contributed by atoms with E-state index in [-0.39, 0.29) is 17.9 Å². The number of carbonyl (C=O) groups is 2. The minimum Gasteiger partial charge on any atom is -0.493 e. The van der Waals surface area contributed by atoms with Crippen molar-refractivity contribution < 1.29 is 23.8 Å². The monoisotopic (exact) mass is 479 g/mol. The summed E-state index contributed by atoms with van der Waals surface area (Å²) in [6, 6.07) is 11.7. The molecule has 35 heavy (non-hydrogen) atoms. The lowest BCUT2D eigenvalue weighted by atomic mass is 10.1. The summed E-state index contributed by atoms with van der Waals surface area (Å²) in [7, 11) is 1.65. The van der Waals surface area contributed by atoms with Gasteiger partial charge < -0.3 is 19.1 Å². The molecule has 0 aromatic heterocycles. The van der Waals surface area contributed by atoms with Gasteiger partial charge in [-0.15, -0.1) is 0 Å². The lowest BCUT2D eigenvalue weighted by Crippen LogP contribution is -2.46. The van der Waals surface area contributed by atoms with Gasteiger partial charge in [0.2, 0.25) is 0 Å². The van der Waals surface area contributed by atoms with Gasteiger partial charge in [-0.1, -0.05) is 12.1 Å². The maximum absolute atomic E-state index is 13.3. The van der Waals surface area contributed by atoms with Crippen molar-refractivity contribution in [2.75, 3.05) is 57.9 Å². The Kier molecular flexibility index (Phi) is 6.92. The second kappa shape index (κ2) is 10.3. The number of fused-ring (bicyclic) bond motifs is 1. The van der Waals surface area contributed by atoms with Gasteiger partial charge in [0, 0.05) is 39.3 Å². The summed E-state index contributed by atoms with van der Waals surface area (Å²) < 4.78 is 16.8. The number of hydrogen-bond donors (Lipinski definition) is 0. The van der Waals surface area contributed by atoms with Crippen LogP contribution >= 0.6 is 0 Å². The molecule has 0 saturated carbocycles. The number of hydrogen-bond acceptors (Lipinski definition) is 7. The fourth-order valence-electron chi connectivity index (χ4n) is 5.23. The Labute approximate surface area is 206 Å². The molecule has 8 heteroatoms. The average molecular weight is 480 g/mol. The van der Waals surface area contributed by atoms with Gasteiger partial charge in [-0.05, 0) is 49.6 Å². The van der Waals surface area contributed by atoms with E-state index in [0.717, 1.165) is 62.8 Å². The molecule has 0 unspecified atom stereocenters. The predicted octanol–water partition coefficient (Wildman–Crippen LogP) is 3.19. The van der Waals surface area contributed by atoms with Crippen molar-refractivity contribution in [3.63, 3.8) is 0 Å². The molecule has 5 rings (SSSR count). The lowest BCUT2D eigenvalue weighted by molar-refractivity contribution is 0.0475. The van der Waals surface area contributed by atoms with Crippen molar-refractivity contribution in [1.29, 1.82) is 0 Å². The zero-order valence-corrected chi connectivity index (χ0v) is 20.5. The smallest absolute Gasteiger partial charge is 0.263 e. The molecule has 1 atom stereocenters. The van der Waals surface area contributed by atoms with E-state index >= 15 is 0 Å². The molecule has 186 valence electrons. The number of carbonyl (C=O) groups excluding carboxylic acids is 2. The first kappa shape index (κ1) is 23.6. The largest absolute Gasteiger partial charge is 0.493 e. The Morgan fingerprint density at radius 2 is 1.86 bits per heavy atom. The van der Waals surface area contributed by atoms with Crippen LogP contribution in [0.5, 0.6) is 11.5 Å². The summed E-state index contributed by atoms with van der Waals surface area (Å²) in [4.78, 5) is 32.3. The van der Waals surface area contributed by atoms with Crippen LogP contribution in [0.3, 0.4) is 0 Å². The predicted molar refractivity (Wildman–Crippen MR) is 132 cm³/mol. The summed E-state index contributed by atoms with van der Waals surface area (Å²) in [6.07, 6.45) is 1.82. The van der Waals surface area contributed by atoms with Gasteiger partial charge in [0.1, 0.15) is 0 Å². The minimum absolute atomic E-state index is 0.0506. The van der Waals surface area contributed by atoms with Crippen LogP contribution in [0.15, 0.2) is 36.4 Å². The molecule has 2 aromatic rings. The van der Waals surface area contributed by atoms with Crippen molar-refractivity contribution in [2.24, 2.45) is 0 Å². The Bertz CT molecular complexity index is 1090. The maximum atomic E-state index is 13.3. The summed E-state index contributed by atoms with van der Waals surface area (Å²) in [5, 5.41) is 0. The second-order valence-corrected chi connectivity index (χ2v) is 9.24. The standard InChI is InChI=1S/C27H33N3O5/c1-3-34-24-16-19(9-10-23(24)33-2)17-28-11-13-29(14-12-28)22-8-4-7-21-25(22)27(32)30(26(21)31)18-20-6-5-15-35-20/h4,7-10,16,20H,3,5-6,11-15,17-18H2,1-2H3/t20-/m1/s1. The van der Waals surface area contributed by atoms with Gasteiger partial charge in [0.05, 0.1) is 43.2 Å². The molecular formula is C27H33N3O5. The van der Waals surface area contributed by atoms with Gasteiger partial charge in [-0.2, -0.15) is 0 Å². The van der Waals surface area contributed by atoms with Crippen molar-refractivity contribution >= 4 is 17.5 Å². The fraction of sp³-hybridized carbons (Fsp3) is 0.481. The third kappa shape index (κ3) is 4.73. The number of imide groups is 1. The normalized spacial score (nSPS) is 20.5. The molecule has 2 saturated heterocycles. The molecule has 0 N–H and O–H groups in total. The number of anilines is 1. The van der Waals surface area contributed by atoms with Gasteiger partial charge in [0.25, 0.3) is 11.8 Å². The van der Waals surface area contributed by atoms with E-state index in [1.807, 2.05) is 31.2 Å². The second-order valence-electron chi connectivity index (χ2n) is 9.24. The topological polar surface area (TPSA) is 71.5 Å². The Balaban J connectivity index is 1.25. The molecule has 0 radical (unpaired) electrons. The highest BCUT2D eigenvalue weighted by molar-refractivity contribution is 6.23. The van der Waals surface area contributed by atoms with Gasteiger partial charge in [-0.3, -0.25) is 19.4 Å². The molecule has 2 aromatic carbocycles. The molecule has 3 heterocycles. The molecule has 2 amide bonds. The van der Waals surface area contributed by atoms with E-state index in [4.69, 9.17) is 14.2 Å². The number of rotatable bonds is 8. The Hall–Kier alpha value is -3.10. The average Bonchev–Trinajstić information content (AvgIpc) is 3.48. The highest BCUT2D eigenvalue weighted by Crippen LogP contribution is 2.34. The summed E-state index contributed by atoms with van der Waals surface area (Å²) >= 11 is 0. The van der Waals surface area contributed by atoms with Crippen molar-refractivity contribution in [3.8, 4) is 11.5 Å². The number of ether oxygens (including phenoxy) is 3. The van der Waals surface area contributed by atoms with Gasteiger partial charge in [0.15, 0.2) is 11.5 Å². The fourth-order valence-corrected chi connectivity index (χ4v) is 5.23. The number of benzene rings is 2. The van der Waals surface area contributed by atoms with Crippen LogP contribution in [0.4, 0.5) is 5.69 Å². The van der Waals surface area contributed by atoms with E-state index in [2.05, 4.69) is 15.9 Å². The quantitative estimate of drug-likeness (QED) is 0.539.